The molecule has 0 aliphatic rings. The number of hydrogen-bond acceptors (Lipinski definition) is 2. The number of carbonyl (C=O) groups is 1. The Morgan fingerprint density at radius 1 is 1.88 bits per heavy atom. The molecule has 3 nitrogen and oxygen atoms in total. The molecule has 47 valence electrons. The topological polar surface area (TPSA) is 46.3 Å². The zero-order chi connectivity index (χ0) is 6.57. The van der Waals surface area contributed by atoms with Crippen LogP contribution in [0.4, 0.5) is 0 Å². The second-order valence-electron chi connectivity index (χ2n) is 1.52. The van der Waals surface area contributed by atoms with Crippen LogP contribution in [0.15, 0.2) is 0 Å². The third-order valence-corrected chi connectivity index (χ3v) is 0.936. The van der Waals surface area contributed by atoms with E-state index in [1.54, 1.807) is 7.05 Å². The maximum Gasteiger partial charge on any atom is 0.236 e. The average molecular weight is 115 g/mol. The standard InChI is InChI=1S/C5H11N2O/c1-3-7(2)5(8)4-6/h1,3-4,6H2,2H3. The van der Waals surface area contributed by atoms with Gasteiger partial charge in [-0.05, 0) is 6.92 Å². The molecule has 1 amide bonds. The SMILES string of the molecule is [CH2]CN(C)C(=O)CN. The smallest absolute Gasteiger partial charge is 0.236 e. The van der Waals surface area contributed by atoms with E-state index in [0.717, 1.165) is 0 Å². The summed E-state index contributed by atoms with van der Waals surface area (Å²) in [6.45, 7) is 4.06. The number of likely N-dealkylation sites (N-methyl/N-ethyl adjacent to an activating group) is 1. The van der Waals surface area contributed by atoms with E-state index in [-0.39, 0.29) is 12.5 Å². The van der Waals surface area contributed by atoms with E-state index in [1.165, 1.54) is 4.90 Å². The van der Waals surface area contributed by atoms with Gasteiger partial charge < -0.3 is 10.6 Å². The van der Waals surface area contributed by atoms with Crippen LogP contribution in [-0.4, -0.2) is 30.9 Å². The number of nitrogens with zero attached hydrogens (tertiary/aromatic N) is 1. The molecular weight excluding hydrogens is 104 g/mol. The summed E-state index contributed by atoms with van der Waals surface area (Å²) < 4.78 is 0. The highest BCUT2D eigenvalue weighted by Crippen LogP contribution is 1.77. The molecular formula is C5H11N2O. The molecule has 8 heavy (non-hydrogen) atoms. The van der Waals surface area contributed by atoms with E-state index in [9.17, 15) is 4.79 Å². The molecule has 0 unspecified atom stereocenters. The first kappa shape index (κ1) is 7.43. The van der Waals surface area contributed by atoms with Crippen LogP contribution in [-0.2, 0) is 4.79 Å². The van der Waals surface area contributed by atoms with Crippen LogP contribution < -0.4 is 5.73 Å². The largest absolute Gasteiger partial charge is 0.345 e. The Balaban J connectivity index is 3.46. The van der Waals surface area contributed by atoms with E-state index >= 15 is 0 Å². The number of nitrogens with two attached hydrogens (primary N) is 1. The Bertz CT molecular complexity index is 82.5. The highest BCUT2D eigenvalue weighted by Gasteiger charge is 2.00. The molecule has 0 heterocycles. The highest BCUT2D eigenvalue weighted by molar-refractivity contribution is 5.77. The fraction of sp³-hybridized carbons (Fsp3) is 0.600. The van der Waals surface area contributed by atoms with Gasteiger partial charge in [-0.15, -0.1) is 0 Å². The lowest BCUT2D eigenvalue weighted by molar-refractivity contribution is -0.127. The van der Waals surface area contributed by atoms with Gasteiger partial charge in [0.25, 0.3) is 0 Å². The molecule has 1 radical (unpaired) electrons. The minimum atomic E-state index is -0.0694. The van der Waals surface area contributed by atoms with Gasteiger partial charge in [0.1, 0.15) is 0 Å². The monoisotopic (exact) mass is 115 g/mol. The zero-order valence-electron chi connectivity index (χ0n) is 5.05. The minimum Gasteiger partial charge on any atom is -0.345 e. The average Bonchev–Trinajstić information content (AvgIpc) is 1.84. The van der Waals surface area contributed by atoms with Crippen LogP contribution in [0.5, 0.6) is 0 Å². The quantitative estimate of drug-likeness (QED) is 0.514. The molecule has 0 aliphatic heterocycles. The van der Waals surface area contributed by atoms with Gasteiger partial charge in [0.2, 0.25) is 5.91 Å². The van der Waals surface area contributed by atoms with Gasteiger partial charge in [-0.3, -0.25) is 4.79 Å². The van der Waals surface area contributed by atoms with Crippen LogP contribution in [0.2, 0.25) is 0 Å². The fourth-order valence-electron chi connectivity index (χ4n) is 0.281. The van der Waals surface area contributed by atoms with E-state index in [2.05, 4.69) is 6.92 Å². The van der Waals surface area contributed by atoms with Gasteiger partial charge in [0.05, 0.1) is 6.54 Å². The molecule has 0 rings (SSSR count). The highest BCUT2D eigenvalue weighted by atomic mass is 16.2. The van der Waals surface area contributed by atoms with Crippen LogP contribution in [0.25, 0.3) is 0 Å². The number of amides is 1. The maximum atomic E-state index is 10.5. The van der Waals surface area contributed by atoms with Crippen molar-refractivity contribution in [1.29, 1.82) is 0 Å². The lowest BCUT2D eigenvalue weighted by Crippen LogP contribution is -2.32. The van der Waals surface area contributed by atoms with Crippen molar-refractivity contribution in [1.82, 2.24) is 4.90 Å². The van der Waals surface area contributed by atoms with Crippen LogP contribution >= 0.6 is 0 Å². The van der Waals surface area contributed by atoms with Crippen molar-refractivity contribution in [3.05, 3.63) is 6.92 Å². The molecule has 0 aromatic heterocycles. The third-order valence-electron chi connectivity index (χ3n) is 0.936. The van der Waals surface area contributed by atoms with Crippen molar-refractivity contribution >= 4 is 5.91 Å². The lowest BCUT2D eigenvalue weighted by Gasteiger charge is -2.11. The normalized spacial score (nSPS) is 8.88. The number of carbonyl (C=O) groups excluding carboxylic acids is 1. The van der Waals surface area contributed by atoms with Gasteiger partial charge in [-0.1, -0.05) is 0 Å². The summed E-state index contributed by atoms with van der Waals surface area (Å²) in [5.41, 5.74) is 5.03. The predicted octanol–water partition coefficient (Wildman–Crippen LogP) is -0.762. The van der Waals surface area contributed by atoms with Crippen molar-refractivity contribution < 1.29 is 4.79 Å². The number of hydrogen-bond donors (Lipinski definition) is 1. The van der Waals surface area contributed by atoms with E-state index in [1.807, 2.05) is 0 Å². The Labute approximate surface area is 49.5 Å². The molecule has 0 saturated carbocycles. The van der Waals surface area contributed by atoms with Gasteiger partial charge in [0.15, 0.2) is 0 Å². The Morgan fingerprint density at radius 2 is 2.38 bits per heavy atom. The van der Waals surface area contributed by atoms with Crippen LogP contribution in [0, 0.1) is 6.92 Å². The summed E-state index contributed by atoms with van der Waals surface area (Å²) in [5.74, 6) is -0.0694. The van der Waals surface area contributed by atoms with Crippen LogP contribution in [0.3, 0.4) is 0 Å². The summed E-state index contributed by atoms with van der Waals surface area (Å²) >= 11 is 0. The van der Waals surface area contributed by atoms with E-state index in [0.29, 0.717) is 6.54 Å². The fourth-order valence-corrected chi connectivity index (χ4v) is 0.281. The van der Waals surface area contributed by atoms with Crippen molar-refractivity contribution in [2.45, 2.75) is 0 Å². The third kappa shape index (κ3) is 1.93. The van der Waals surface area contributed by atoms with Gasteiger partial charge in [-0.25, -0.2) is 0 Å². The van der Waals surface area contributed by atoms with E-state index in [4.69, 9.17) is 5.73 Å². The van der Waals surface area contributed by atoms with Crippen molar-refractivity contribution in [3.63, 3.8) is 0 Å². The molecule has 0 aromatic carbocycles. The maximum absolute atomic E-state index is 10.5. The Kier molecular flexibility index (Phi) is 3.19. The summed E-state index contributed by atoms with van der Waals surface area (Å²) in [5, 5.41) is 0. The predicted molar refractivity (Wildman–Crippen MR) is 32.0 cm³/mol. The molecule has 0 aliphatic carbocycles. The van der Waals surface area contributed by atoms with Crippen molar-refractivity contribution in [2.75, 3.05) is 20.1 Å². The van der Waals surface area contributed by atoms with Crippen molar-refractivity contribution in [2.24, 2.45) is 5.73 Å². The molecule has 3 heteroatoms. The molecule has 0 bridgehead atoms. The summed E-state index contributed by atoms with van der Waals surface area (Å²) in [4.78, 5) is 12.0. The molecule has 0 aromatic rings. The molecule has 0 saturated heterocycles. The molecule has 0 spiro atoms. The number of rotatable bonds is 2. The van der Waals surface area contributed by atoms with Gasteiger partial charge in [0, 0.05) is 13.6 Å². The Hall–Kier alpha value is -0.570. The van der Waals surface area contributed by atoms with E-state index < -0.39 is 0 Å². The lowest BCUT2D eigenvalue weighted by atomic mass is 10.5. The summed E-state index contributed by atoms with van der Waals surface area (Å²) in [6, 6.07) is 0. The first-order chi connectivity index (χ1) is 3.72. The first-order valence-electron chi connectivity index (χ1n) is 2.45. The second kappa shape index (κ2) is 3.43. The Morgan fingerprint density at radius 3 is 2.50 bits per heavy atom. The molecule has 0 fully saturated rings. The summed E-state index contributed by atoms with van der Waals surface area (Å²) in [6.07, 6.45) is 0. The second-order valence-corrected chi connectivity index (χ2v) is 1.52. The molecule has 0 atom stereocenters. The van der Waals surface area contributed by atoms with Crippen molar-refractivity contribution in [3.8, 4) is 0 Å². The van der Waals surface area contributed by atoms with Gasteiger partial charge in [-0.2, -0.15) is 0 Å². The molecule has 2 N–H and O–H groups in total. The minimum absolute atomic E-state index is 0.0694. The summed E-state index contributed by atoms with van der Waals surface area (Å²) in [7, 11) is 1.67. The zero-order valence-corrected chi connectivity index (χ0v) is 5.05. The van der Waals surface area contributed by atoms with Crippen LogP contribution in [0.1, 0.15) is 0 Å². The van der Waals surface area contributed by atoms with Gasteiger partial charge >= 0.3 is 0 Å². The first-order valence-corrected chi connectivity index (χ1v) is 2.45.